The van der Waals surface area contributed by atoms with Crippen LogP contribution in [0.2, 0.25) is 0 Å². The number of carbonyl (C=O) groups is 1. The summed E-state index contributed by atoms with van der Waals surface area (Å²) < 4.78 is 1.09. The lowest BCUT2D eigenvalue weighted by Crippen LogP contribution is -2.40. The van der Waals surface area contributed by atoms with E-state index in [1.807, 2.05) is 24.3 Å². The molecule has 1 unspecified atom stereocenters. The molecule has 1 aromatic heterocycles. The number of hydrogen-bond acceptors (Lipinski definition) is 5. The van der Waals surface area contributed by atoms with E-state index in [1.54, 1.807) is 13.1 Å². The molecule has 7 heteroatoms. The van der Waals surface area contributed by atoms with Crippen molar-refractivity contribution in [2.75, 3.05) is 18.5 Å². The summed E-state index contributed by atoms with van der Waals surface area (Å²) in [7, 11) is 1.86. The number of nitrogens with one attached hydrogen (secondary N) is 1. The molecule has 0 aliphatic heterocycles. The third kappa shape index (κ3) is 2.82. The summed E-state index contributed by atoms with van der Waals surface area (Å²) in [5.41, 5.74) is 2.37. The maximum Gasteiger partial charge on any atom is 0.269 e. The van der Waals surface area contributed by atoms with E-state index in [1.165, 1.54) is 6.07 Å². The number of anilines is 1. The van der Waals surface area contributed by atoms with Gasteiger partial charge in [0.1, 0.15) is 6.04 Å². The lowest BCUT2D eigenvalue weighted by atomic mass is 10.3. The molecule has 3 N–H and O–H groups in total. The van der Waals surface area contributed by atoms with Crippen molar-refractivity contribution in [2.24, 2.45) is 5.84 Å². The first-order valence-electron chi connectivity index (χ1n) is 5.31. The Balaban J connectivity index is 3.06. The monoisotopic (exact) mass is 239 g/mol. The summed E-state index contributed by atoms with van der Waals surface area (Å²) in [6, 6.07) is 0.713. The van der Waals surface area contributed by atoms with Gasteiger partial charge in [-0.05, 0) is 13.8 Å². The van der Waals surface area contributed by atoms with Gasteiger partial charge in [-0.3, -0.25) is 15.0 Å². The molecule has 0 radical (unpaired) electrons. The van der Waals surface area contributed by atoms with Crippen LogP contribution in [0.4, 0.5) is 5.69 Å². The number of hydrogen-bond donors (Lipinski definition) is 2. The van der Waals surface area contributed by atoms with E-state index in [9.17, 15) is 9.59 Å². The van der Waals surface area contributed by atoms with Gasteiger partial charge < -0.3 is 4.90 Å². The van der Waals surface area contributed by atoms with Crippen LogP contribution in [0.5, 0.6) is 0 Å². The summed E-state index contributed by atoms with van der Waals surface area (Å²) in [5.74, 6) is 4.55. The Hall–Kier alpha value is -1.89. The van der Waals surface area contributed by atoms with Crippen molar-refractivity contribution in [3.8, 4) is 0 Å². The minimum Gasteiger partial charge on any atom is -0.373 e. The fourth-order valence-electron chi connectivity index (χ4n) is 1.32. The van der Waals surface area contributed by atoms with Crippen LogP contribution >= 0.6 is 0 Å². The Bertz CT molecular complexity index is 456. The Labute approximate surface area is 99.2 Å². The molecule has 94 valence electrons. The SMILES string of the molecule is CCN(C)c1cnn(C(C)C(=O)NN)c(=O)c1. The van der Waals surface area contributed by atoms with Crippen molar-refractivity contribution in [2.45, 2.75) is 19.9 Å². The maximum atomic E-state index is 11.8. The van der Waals surface area contributed by atoms with Crippen molar-refractivity contribution >= 4 is 11.6 Å². The summed E-state index contributed by atoms with van der Waals surface area (Å²) >= 11 is 0. The zero-order valence-corrected chi connectivity index (χ0v) is 10.2. The molecule has 17 heavy (non-hydrogen) atoms. The molecule has 0 aromatic carbocycles. The molecule has 1 amide bonds. The first-order valence-corrected chi connectivity index (χ1v) is 5.31. The zero-order chi connectivity index (χ0) is 13.0. The van der Waals surface area contributed by atoms with Gasteiger partial charge in [-0.2, -0.15) is 5.10 Å². The molecule has 1 heterocycles. The van der Waals surface area contributed by atoms with Gasteiger partial charge in [-0.25, -0.2) is 10.5 Å². The molecule has 1 rings (SSSR count). The molecular formula is C10H17N5O2. The quantitative estimate of drug-likeness (QED) is 0.409. The number of nitrogens with zero attached hydrogens (tertiary/aromatic N) is 3. The third-order valence-corrected chi connectivity index (χ3v) is 2.62. The van der Waals surface area contributed by atoms with Crippen molar-refractivity contribution in [3.05, 3.63) is 22.6 Å². The van der Waals surface area contributed by atoms with Crippen LogP contribution in [0.3, 0.4) is 0 Å². The topological polar surface area (TPSA) is 93.2 Å². The zero-order valence-electron chi connectivity index (χ0n) is 10.2. The molecule has 0 saturated heterocycles. The van der Waals surface area contributed by atoms with Crippen LogP contribution in [0.25, 0.3) is 0 Å². The Morgan fingerprint density at radius 2 is 2.35 bits per heavy atom. The highest BCUT2D eigenvalue weighted by Gasteiger charge is 2.16. The van der Waals surface area contributed by atoms with Crippen molar-refractivity contribution in [1.82, 2.24) is 15.2 Å². The van der Waals surface area contributed by atoms with Crippen LogP contribution in [0.1, 0.15) is 19.9 Å². The molecule has 1 atom stereocenters. The second-order valence-electron chi connectivity index (χ2n) is 3.70. The summed E-state index contributed by atoms with van der Waals surface area (Å²) in [6.45, 7) is 4.29. The molecule has 0 saturated carbocycles. The van der Waals surface area contributed by atoms with Gasteiger partial charge in [0.25, 0.3) is 11.5 Å². The van der Waals surface area contributed by atoms with Crippen molar-refractivity contribution in [1.29, 1.82) is 0 Å². The van der Waals surface area contributed by atoms with E-state index in [4.69, 9.17) is 5.84 Å². The van der Waals surface area contributed by atoms with Crippen LogP contribution in [0.15, 0.2) is 17.1 Å². The maximum absolute atomic E-state index is 11.8. The molecule has 0 bridgehead atoms. The normalized spacial score (nSPS) is 12.0. The number of hydrazine groups is 1. The molecule has 1 aromatic rings. The van der Waals surface area contributed by atoms with Crippen LogP contribution < -0.4 is 21.7 Å². The van der Waals surface area contributed by atoms with Gasteiger partial charge in [0.15, 0.2) is 0 Å². The summed E-state index contributed by atoms with van der Waals surface area (Å²) in [5, 5.41) is 3.96. The Morgan fingerprint density at radius 1 is 1.71 bits per heavy atom. The minimum atomic E-state index is -0.728. The molecule has 0 fully saturated rings. The van der Waals surface area contributed by atoms with Crippen LogP contribution in [-0.2, 0) is 4.79 Å². The second-order valence-corrected chi connectivity index (χ2v) is 3.70. The van der Waals surface area contributed by atoms with E-state index in [0.29, 0.717) is 5.69 Å². The minimum absolute atomic E-state index is 0.334. The standard InChI is InChI=1S/C10H17N5O2/c1-4-14(3)8-5-9(16)15(12-6-8)7(2)10(17)13-11/h5-7H,4,11H2,1-3H3,(H,13,17). The first kappa shape index (κ1) is 13.2. The van der Waals surface area contributed by atoms with E-state index >= 15 is 0 Å². The fraction of sp³-hybridized carbons (Fsp3) is 0.500. The third-order valence-electron chi connectivity index (χ3n) is 2.62. The smallest absolute Gasteiger partial charge is 0.269 e. The lowest BCUT2D eigenvalue weighted by molar-refractivity contribution is -0.124. The van der Waals surface area contributed by atoms with Gasteiger partial charge >= 0.3 is 0 Å². The van der Waals surface area contributed by atoms with Crippen molar-refractivity contribution < 1.29 is 4.79 Å². The highest BCUT2D eigenvalue weighted by Crippen LogP contribution is 2.07. The summed E-state index contributed by atoms with van der Waals surface area (Å²) in [6.07, 6.45) is 1.55. The molecule has 7 nitrogen and oxygen atoms in total. The predicted molar refractivity (Wildman–Crippen MR) is 64.5 cm³/mol. The van der Waals surface area contributed by atoms with Gasteiger partial charge in [0.2, 0.25) is 0 Å². The van der Waals surface area contributed by atoms with E-state index in [0.717, 1.165) is 11.2 Å². The van der Waals surface area contributed by atoms with E-state index < -0.39 is 11.9 Å². The average molecular weight is 239 g/mol. The molecule has 0 aliphatic rings. The molecular weight excluding hydrogens is 222 g/mol. The predicted octanol–water partition coefficient (Wildman–Crippen LogP) is -0.750. The highest BCUT2D eigenvalue weighted by atomic mass is 16.2. The van der Waals surface area contributed by atoms with Crippen molar-refractivity contribution in [3.63, 3.8) is 0 Å². The second kappa shape index (κ2) is 5.44. The number of nitrogens with two attached hydrogens (primary N) is 1. The van der Waals surface area contributed by atoms with Gasteiger partial charge in [0.05, 0.1) is 11.9 Å². The first-order chi connectivity index (χ1) is 8.01. The highest BCUT2D eigenvalue weighted by molar-refractivity contribution is 5.79. The van der Waals surface area contributed by atoms with E-state index in [2.05, 4.69) is 5.10 Å². The van der Waals surface area contributed by atoms with E-state index in [-0.39, 0.29) is 5.56 Å². The molecule has 0 aliphatic carbocycles. The van der Waals surface area contributed by atoms with Crippen LogP contribution in [-0.4, -0.2) is 29.3 Å². The van der Waals surface area contributed by atoms with Gasteiger partial charge in [0, 0.05) is 19.7 Å². The molecule has 0 spiro atoms. The number of rotatable bonds is 4. The Kier molecular flexibility index (Phi) is 4.22. The van der Waals surface area contributed by atoms with Gasteiger partial charge in [-0.15, -0.1) is 0 Å². The number of carbonyl (C=O) groups excluding carboxylic acids is 1. The average Bonchev–Trinajstić information content (AvgIpc) is 2.35. The van der Waals surface area contributed by atoms with Crippen LogP contribution in [0, 0.1) is 0 Å². The fourth-order valence-corrected chi connectivity index (χ4v) is 1.32. The largest absolute Gasteiger partial charge is 0.373 e. The number of amides is 1. The van der Waals surface area contributed by atoms with Gasteiger partial charge in [-0.1, -0.05) is 0 Å². The Morgan fingerprint density at radius 3 is 2.82 bits per heavy atom. The summed E-state index contributed by atoms with van der Waals surface area (Å²) in [4.78, 5) is 24.9. The lowest BCUT2D eigenvalue weighted by Gasteiger charge is -2.17. The number of aromatic nitrogens is 2.